The second-order valence-corrected chi connectivity index (χ2v) is 8.81. The van der Waals surface area contributed by atoms with E-state index in [-0.39, 0.29) is 26.2 Å². The standard InChI is InChI=1S/C16H28N3O13P/c20-12(21)2-1-11(33(30,31)32)19(5-3-17(7-13(22)23)8-14(24)25)6-4-18(9-15(26)27)10-16(28)29/h11H,1-10H2,(H,20,21)(H,22,23)(H,24,25)(H,26,27)(H,28,29)(H2,30,31,32). The van der Waals surface area contributed by atoms with Gasteiger partial charge in [0.1, 0.15) is 5.78 Å². The average molecular weight is 501 g/mol. The Morgan fingerprint density at radius 1 is 0.606 bits per heavy atom. The minimum Gasteiger partial charge on any atom is -0.481 e. The van der Waals surface area contributed by atoms with Crippen molar-refractivity contribution >= 4 is 37.4 Å². The highest BCUT2D eigenvalue weighted by Gasteiger charge is 2.35. The van der Waals surface area contributed by atoms with E-state index < -0.39 is 82.2 Å². The molecule has 0 spiro atoms. The van der Waals surface area contributed by atoms with Gasteiger partial charge in [0.15, 0.2) is 0 Å². The van der Waals surface area contributed by atoms with Crippen LogP contribution in [0.2, 0.25) is 0 Å². The largest absolute Gasteiger partial charge is 0.481 e. The van der Waals surface area contributed by atoms with Gasteiger partial charge >= 0.3 is 37.4 Å². The van der Waals surface area contributed by atoms with Gasteiger partial charge in [0.2, 0.25) is 0 Å². The summed E-state index contributed by atoms with van der Waals surface area (Å²) in [4.78, 5) is 77.3. The lowest BCUT2D eigenvalue weighted by molar-refractivity contribution is -0.143. The second-order valence-electron chi connectivity index (χ2n) is 7.03. The maximum absolute atomic E-state index is 12.0. The van der Waals surface area contributed by atoms with Crippen LogP contribution in [0.4, 0.5) is 0 Å². The quantitative estimate of drug-likeness (QED) is 0.0910. The van der Waals surface area contributed by atoms with Gasteiger partial charge in [-0.25, -0.2) is 0 Å². The Bertz CT molecular complexity index is 684. The van der Waals surface area contributed by atoms with Gasteiger partial charge in [-0.15, -0.1) is 0 Å². The Morgan fingerprint density at radius 3 is 1.18 bits per heavy atom. The van der Waals surface area contributed by atoms with Gasteiger partial charge in [-0.05, 0) is 6.42 Å². The number of hydrogen-bond donors (Lipinski definition) is 7. The molecule has 7 N–H and O–H groups in total. The Hall–Kier alpha value is -2.62. The molecule has 0 heterocycles. The number of nitrogens with zero attached hydrogens (tertiary/aromatic N) is 3. The van der Waals surface area contributed by atoms with E-state index in [0.29, 0.717) is 0 Å². The molecule has 0 aliphatic heterocycles. The summed E-state index contributed by atoms with van der Waals surface area (Å²) in [5.74, 6) is -8.42. The molecule has 0 rings (SSSR count). The van der Waals surface area contributed by atoms with Crippen LogP contribution >= 0.6 is 7.60 Å². The summed E-state index contributed by atoms with van der Waals surface area (Å²) >= 11 is 0. The number of rotatable bonds is 19. The van der Waals surface area contributed by atoms with Crippen molar-refractivity contribution in [1.82, 2.24) is 14.7 Å². The molecule has 0 aromatic rings. The van der Waals surface area contributed by atoms with Gasteiger partial charge in [0, 0.05) is 32.6 Å². The third kappa shape index (κ3) is 15.0. The molecular weight excluding hydrogens is 473 g/mol. The van der Waals surface area contributed by atoms with Crippen molar-refractivity contribution in [3.63, 3.8) is 0 Å². The zero-order chi connectivity index (χ0) is 25.8. The minimum atomic E-state index is -4.96. The van der Waals surface area contributed by atoms with Crippen LogP contribution in [0.5, 0.6) is 0 Å². The molecule has 17 heteroatoms. The molecule has 0 saturated carbocycles. The van der Waals surface area contributed by atoms with E-state index in [2.05, 4.69) is 0 Å². The van der Waals surface area contributed by atoms with E-state index in [9.17, 15) is 38.3 Å². The normalized spacial score (nSPS) is 12.8. The molecule has 0 aromatic heterocycles. The summed E-state index contributed by atoms with van der Waals surface area (Å²) in [7, 11) is -4.96. The molecular formula is C16H28N3O13P. The molecule has 0 aliphatic rings. The van der Waals surface area contributed by atoms with Crippen molar-refractivity contribution < 1.29 is 63.9 Å². The first-order chi connectivity index (χ1) is 15.1. The van der Waals surface area contributed by atoms with E-state index in [1.807, 2.05) is 0 Å². The van der Waals surface area contributed by atoms with Crippen molar-refractivity contribution in [2.75, 3.05) is 52.4 Å². The second kappa shape index (κ2) is 14.5. The summed E-state index contributed by atoms with van der Waals surface area (Å²) in [5, 5.41) is 44.6. The van der Waals surface area contributed by atoms with Gasteiger partial charge in [0.05, 0.1) is 26.2 Å². The summed E-state index contributed by atoms with van der Waals surface area (Å²) in [6.45, 7) is -3.99. The van der Waals surface area contributed by atoms with Crippen LogP contribution < -0.4 is 0 Å². The summed E-state index contributed by atoms with van der Waals surface area (Å²) in [6, 6.07) is 0. The first-order valence-corrected chi connectivity index (χ1v) is 11.1. The van der Waals surface area contributed by atoms with Crippen LogP contribution in [0.3, 0.4) is 0 Å². The molecule has 190 valence electrons. The molecule has 0 radical (unpaired) electrons. The lowest BCUT2D eigenvalue weighted by Crippen LogP contribution is -2.47. The third-order valence-electron chi connectivity index (χ3n) is 4.27. The lowest BCUT2D eigenvalue weighted by Gasteiger charge is -2.34. The van der Waals surface area contributed by atoms with Gasteiger partial charge in [-0.3, -0.25) is 43.2 Å². The van der Waals surface area contributed by atoms with Gasteiger partial charge in [-0.1, -0.05) is 0 Å². The highest BCUT2D eigenvalue weighted by Crippen LogP contribution is 2.45. The fourth-order valence-corrected chi connectivity index (χ4v) is 4.08. The predicted molar refractivity (Wildman–Crippen MR) is 108 cm³/mol. The van der Waals surface area contributed by atoms with Crippen molar-refractivity contribution in [3.8, 4) is 0 Å². The molecule has 0 fully saturated rings. The highest BCUT2D eigenvalue weighted by molar-refractivity contribution is 7.52. The zero-order valence-electron chi connectivity index (χ0n) is 17.5. The van der Waals surface area contributed by atoms with E-state index in [1.165, 1.54) is 0 Å². The Kier molecular flexibility index (Phi) is 13.4. The van der Waals surface area contributed by atoms with Crippen molar-refractivity contribution in [2.45, 2.75) is 18.6 Å². The van der Waals surface area contributed by atoms with Crippen LogP contribution in [0.25, 0.3) is 0 Å². The maximum atomic E-state index is 12.0. The Labute approximate surface area is 187 Å². The van der Waals surface area contributed by atoms with E-state index in [1.54, 1.807) is 0 Å². The molecule has 0 aromatic carbocycles. The summed E-state index contributed by atoms with van der Waals surface area (Å²) in [5.41, 5.74) is 0. The molecule has 1 atom stereocenters. The molecule has 0 bridgehead atoms. The first kappa shape index (κ1) is 30.4. The monoisotopic (exact) mass is 501 g/mol. The van der Waals surface area contributed by atoms with Gasteiger partial charge < -0.3 is 35.3 Å². The predicted octanol–water partition coefficient (Wildman–Crippen LogP) is -2.40. The molecule has 0 aliphatic carbocycles. The number of hydrogen-bond acceptors (Lipinski definition) is 9. The zero-order valence-corrected chi connectivity index (χ0v) is 18.4. The molecule has 33 heavy (non-hydrogen) atoms. The van der Waals surface area contributed by atoms with E-state index in [4.69, 9.17) is 25.5 Å². The fourth-order valence-electron chi connectivity index (χ4n) is 2.96. The van der Waals surface area contributed by atoms with E-state index in [0.717, 1.165) is 14.7 Å². The number of carboxylic acids is 5. The molecule has 1 unspecified atom stereocenters. The number of carbonyl (C=O) groups is 5. The summed E-state index contributed by atoms with van der Waals surface area (Å²) < 4.78 is 12.0. The number of carboxylic acid groups (broad SMARTS) is 5. The third-order valence-corrected chi connectivity index (χ3v) is 5.63. The lowest BCUT2D eigenvalue weighted by atomic mass is 10.2. The summed E-state index contributed by atoms with van der Waals surface area (Å²) in [6.07, 6.45) is -1.15. The van der Waals surface area contributed by atoms with Crippen LogP contribution in [0, 0.1) is 0 Å². The highest BCUT2D eigenvalue weighted by atomic mass is 31.2. The fraction of sp³-hybridized carbons (Fsp3) is 0.688. The van der Waals surface area contributed by atoms with Crippen molar-refractivity contribution in [1.29, 1.82) is 0 Å². The SMILES string of the molecule is O=C(O)CCC(N(CCN(CC(=O)O)CC(=O)O)CCN(CC(=O)O)CC(=O)O)P(=O)(O)O. The maximum Gasteiger partial charge on any atom is 0.342 e. The van der Waals surface area contributed by atoms with Crippen LogP contribution in [-0.4, -0.2) is 138 Å². The first-order valence-electron chi connectivity index (χ1n) is 9.44. The molecule has 0 amide bonds. The van der Waals surface area contributed by atoms with Crippen molar-refractivity contribution in [3.05, 3.63) is 0 Å². The Balaban J connectivity index is 5.72. The smallest absolute Gasteiger partial charge is 0.342 e. The van der Waals surface area contributed by atoms with Crippen LogP contribution in [0.15, 0.2) is 0 Å². The topological polar surface area (TPSA) is 254 Å². The molecule has 16 nitrogen and oxygen atoms in total. The van der Waals surface area contributed by atoms with Gasteiger partial charge in [0.25, 0.3) is 0 Å². The Morgan fingerprint density at radius 2 is 0.939 bits per heavy atom. The van der Waals surface area contributed by atoms with Crippen molar-refractivity contribution in [2.24, 2.45) is 0 Å². The minimum absolute atomic E-state index is 0.292. The van der Waals surface area contributed by atoms with Gasteiger partial charge in [-0.2, -0.15) is 0 Å². The van der Waals surface area contributed by atoms with Crippen LogP contribution in [0.1, 0.15) is 12.8 Å². The average Bonchev–Trinajstić information content (AvgIpc) is 2.59. The van der Waals surface area contributed by atoms with Crippen LogP contribution in [-0.2, 0) is 28.5 Å². The number of aliphatic carboxylic acids is 5. The van der Waals surface area contributed by atoms with E-state index >= 15 is 0 Å². The molecule has 0 saturated heterocycles.